The SMILES string of the molecule is CC(C1CCCCN1)N1CCCOC1=O. The van der Waals surface area contributed by atoms with E-state index >= 15 is 0 Å². The fourth-order valence-corrected chi connectivity index (χ4v) is 2.45. The fraction of sp³-hybridized carbons (Fsp3) is 0.909. The number of amides is 1. The summed E-state index contributed by atoms with van der Waals surface area (Å²) in [6.07, 6.45) is 4.52. The van der Waals surface area contributed by atoms with Crippen molar-refractivity contribution in [2.24, 2.45) is 0 Å². The molecule has 2 atom stereocenters. The average molecular weight is 212 g/mol. The first-order chi connectivity index (χ1) is 7.29. The van der Waals surface area contributed by atoms with E-state index in [2.05, 4.69) is 12.2 Å². The van der Waals surface area contributed by atoms with Crippen LogP contribution in [0.4, 0.5) is 4.79 Å². The Kier molecular flexibility index (Phi) is 3.46. The largest absolute Gasteiger partial charge is 0.449 e. The summed E-state index contributed by atoms with van der Waals surface area (Å²) in [5.74, 6) is 0. The Bertz CT molecular complexity index is 227. The number of carbonyl (C=O) groups excluding carboxylic acids is 1. The lowest BCUT2D eigenvalue weighted by atomic mass is 9.98. The molecular formula is C11H20N2O2. The summed E-state index contributed by atoms with van der Waals surface area (Å²) in [6.45, 7) is 4.63. The number of nitrogens with zero attached hydrogens (tertiary/aromatic N) is 1. The number of piperidine rings is 1. The van der Waals surface area contributed by atoms with Gasteiger partial charge in [-0.2, -0.15) is 0 Å². The van der Waals surface area contributed by atoms with E-state index in [1.807, 2.05) is 4.90 Å². The van der Waals surface area contributed by atoms with Crippen molar-refractivity contribution in [1.29, 1.82) is 0 Å². The van der Waals surface area contributed by atoms with Crippen molar-refractivity contribution in [2.75, 3.05) is 19.7 Å². The van der Waals surface area contributed by atoms with Gasteiger partial charge in [-0.25, -0.2) is 4.79 Å². The topological polar surface area (TPSA) is 41.6 Å². The lowest BCUT2D eigenvalue weighted by Crippen LogP contribution is -2.54. The third-order valence-corrected chi connectivity index (χ3v) is 3.43. The van der Waals surface area contributed by atoms with Crippen molar-refractivity contribution >= 4 is 6.09 Å². The summed E-state index contributed by atoms with van der Waals surface area (Å²) in [6, 6.07) is 0.711. The molecule has 4 heteroatoms. The van der Waals surface area contributed by atoms with Gasteiger partial charge in [0, 0.05) is 18.6 Å². The van der Waals surface area contributed by atoms with E-state index in [1.54, 1.807) is 0 Å². The van der Waals surface area contributed by atoms with Crippen molar-refractivity contribution in [3.63, 3.8) is 0 Å². The molecule has 2 rings (SSSR count). The van der Waals surface area contributed by atoms with E-state index in [-0.39, 0.29) is 12.1 Å². The van der Waals surface area contributed by atoms with Gasteiger partial charge in [-0.3, -0.25) is 0 Å². The molecule has 15 heavy (non-hydrogen) atoms. The molecule has 0 spiro atoms. The summed E-state index contributed by atoms with van der Waals surface area (Å²) in [5, 5.41) is 3.49. The normalized spacial score (nSPS) is 29.8. The predicted molar refractivity (Wildman–Crippen MR) is 57.8 cm³/mol. The zero-order valence-corrected chi connectivity index (χ0v) is 9.37. The highest BCUT2D eigenvalue weighted by Crippen LogP contribution is 2.17. The van der Waals surface area contributed by atoms with Gasteiger partial charge in [-0.1, -0.05) is 6.42 Å². The van der Waals surface area contributed by atoms with Crippen molar-refractivity contribution < 1.29 is 9.53 Å². The molecular weight excluding hydrogens is 192 g/mol. The maximum atomic E-state index is 11.6. The van der Waals surface area contributed by atoms with Crippen LogP contribution in [-0.2, 0) is 4.74 Å². The molecule has 4 nitrogen and oxygen atoms in total. The Balaban J connectivity index is 1.92. The van der Waals surface area contributed by atoms with Crippen molar-refractivity contribution in [1.82, 2.24) is 10.2 Å². The Morgan fingerprint density at radius 3 is 3.00 bits per heavy atom. The first kappa shape index (κ1) is 10.7. The van der Waals surface area contributed by atoms with Crippen molar-refractivity contribution in [3.05, 3.63) is 0 Å². The summed E-state index contributed by atoms with van der Waals surface area (Å²) in [4.78, 5) is 13.4. The van der Waals surface area contributed by atoms with Crippen molar-refractivity contribution in [3.8, 4) is 0 Å². The lowest BCUT2D eigenvalue weighted by molar-refractivity contribution is 0.0480. The van der Waals surface area contributed by atoms with Crippen LogP contribution in [-0.4, -0.2) is 42.8 Å². The minimum atomic E-state index is -0.138. The van der Waals surface area contributed by atoms with Crippen LogP contribution in [0.2, 0.25) is 0 Å². The fourth-order valence-electron chi connectivity index (χ4n) is 2.45. The molecule has 2 heterocycles. The smallest absolute Gasteiger partial charge is 0.410 e. The van der Waals surface area contributed by atoms with Crippen LogP contribution >= 0.6 is 0 Å². The standard InChI is InChI=1S/C11H20N2O2/c1-9(10-5-2-3-6-12-10)13-7-4-8-15-11(13)14/h9-10,12H,2-8H2,1H3. The molecule has 0 aromatic rings. The van der Waals surface area contributed by atoms with E-state index in [9.17, 15) is 4.79 Å². The van der Waals surface area contributed by atoms with Gasteiger partial charge in [-0.15, -0.1) is 0 Å². The van der Waals surface area contributed by atoms with Crippen LogP contribution in [0.1, 0.15) is 32.6 Å². The van der Waals surface area contributed by atoms with E-state index in [4.69, 9.17) is 4.74 Å². The number of carbonyl (C=O) groups is 1. The average Bonchev–Trinajstić information content (AvgIpc) is 2.30. The number of cyclic esters (lactones) is 1. The van der Waals surface area contributed by atoms with Crippen molar-refractivity contribution in [2.45, 2.75) is 44.7 Å². The molecule has 0 saturated carbocycles. The number of hydrogen-bond donors (Lipinski definition) is 1. The highest BCUT2D eigenvalue weighted by Gasteiger charge is 2.30. The second-order valence-electron chi connectivity index (χ2n) is 4.46. The van der Waals surface area contributed by atoms with Crippen LogP contribution in [0.15, 0.2) is 0 Å². The van der Waals surface area contributed by atoms with Crippen LogP contribution < -0.4 is 5.32 Å². The number of nitrogens with one attached hydrogen (secondary N) is 1. The summed E-state index contributed by atoms with van der Waals surface area (Å²) < 4.78 is 5.06. The van der Waals surface area contributed by atoms with Gasteiger partial charge in [0.1, 0.15) is 0 Å². The van der Waals surface area contributed by atoms with Crippen LogP contribution in [0.3, 0.4) is 0 Å². The molecule has 0 aliphatic carbocycles. The molecule has 0 bridgehead atoms. The summed E-state index contributed by atoms with van der Waals surface area (Å²) in [7, 11) is 0. The van der Waals surface area contributed by atoms with E-state index in [0.717, 1.165) is 19.5 Å². The predicted octanol–water partition coefficient (Wildman–Crippen LogP) is 1.36. The van der Waals surface area contributed by atoms with E-state index in [0.29, 0.717) is 12.6 Å². The molecule has 2 unspecified atom stereocenters. The molecule has 1 N–H and O–H groups in total. The Labute approximate surface area is 91.0 Å². The van der Waals surface area contributed by atoms with Gasteiger partial charge >= 0.3 is 6.09 Å². The first-order valence-corrected chi connectivity index (χ1v) is 5.96. The maximum absolute atomic E-state index is 11.6. The van der Waals surface area contributed by atoms with E-state index in [1.165, 1.54) is 19.3 Å². The quantitative estimate of drug-likeness (QED) is 0.751. The van der Waals surface area contributed by atoms with Gasteiger partial charge < -0.3 is 15.0 Å². The van der Waals surface area contributed by atoms with Crippen LogP contribution in [0.5, 0.6) is 0 Å². The van der Waals surface area contributed by atoms with Crippen LogP contribution in [0.25, 0.3) is 0 Å². The minimum Gasteiger partial charge on any atom is -0.449 e. The Morgan fingerprint density at radius 1 is 1.47 bits per heavy atom. The molecule has 1 amide bonds. The number of rotatable bonds is 2. The summed E-state index contributed by atoms with van der Waals surface area (Å²) in [5.41, 5.74) is 0. The first-order valence-electron chi connectivity index (χ1n) is 5.96. The Morgan fingerprint density at radius 2 is 2.33 bits per heavy atom. The third kappa shape index (κ3) is 2.43. The highest BCUT2D eigenvalue weighted by atomic mass is 16.6. The van der Waals surface area contributed by atoms with Gasteiger partial charge in [-0.05, 0) is 32.7 Å². The zero-order valence-electron chi connectivity index (χ0n) is 9.37. The van der Waals surface area contributed by atoms with Gasteiger partial charge in [0.2, 0.25) is 0 Å². The molecule has 86 valence electrons. The molecule has 2 aliphatic rings. The second-order valence-corrected chi connectivity index (χ2v) is 4.46. The maximum Gasteiger partial charge on any atom is 0.410 e. The molecule has 0 aromatic heterocycles. The van der Waals surface area contributed by atoms with Gasteiger partial charge in [0.15, 0.2) is 0 Å². The van der Waals surface area contributed by atoms with E-state index < -0.39 is 0 Å². The summed E-state index contributed by atoms with van der Waals surface area (Å²) >= 11 is 0. The molecule has 2 saturated heterocycles. The minimum absolute atomic E-state index is 0.138. The van der Waals surface area contributed by atoms with Gasteiger partial charge in [0.25, 0.3) is 0 Å². The monoisotopic (exact) mass is 212 g/mol. The second kappa shape index (κ2) is 4.84. The third-order valence-electron chi connectivity index (χ3n) is 3.43. The molecule has 0 aromatic carbocycles. The zero-order chi connectivity index (χ0) is 10.7. The number of hydrogen-bond acceptors (Lipinski definition) is 3. The van der Waals surface area contributed by atoms with Gasteiger partial charge in [0.05, 0.1) is 6.61 Å². The molecule has 2 aliphatic heterocycles. The number of ether oxygens (including phenoxy) is 1. The Hall–Kier alpha value is -0.770. The lowest BCUT2D eigenvalue weighted by Gasteiger charge is -2.38. The molecule has 2 fully saturated rings. The van der Waals surface area contributed by atoms with Crippen LogP contribution in [0, 0.1) is 0 Å². The highest BCUT2D eigenvalue weighted by molar-refractivity contribution is 5.68. The molecule has 0 radical (unpaired) electrons.